The third-order valence-corrected chi connectivity index (χ3v) is 2.16. The van der Waals surface area contributed by atoms with Crippen LogP contribution in [0.15, 0.2) is 34.9 Å². The van der Waals surface area contributed by atoms with Gasteiger partial charge in [0.15, 0.2) is 11.5 Å². The molecular weight excluding hydrogens is 214 g/mol. The summed E-state index contributed by atoms with van der Waals surface area (Å²) in [6.07, 6.45) is 1.42. The summed E-state index contributed by atoms with van der Waals surface area (Å²) in [6.45, 7) is 1.43. The monoisotopic (exact) mass is 221 g/mol. The minimum atomic E-state index is -0.143. The lowest BCUT2D eigenvalue weighted by Crippen LogP contribution is -1.86. The Morgan fingerprint density at radius 2 is 2.27 bits per heavy atom. The lowest BCUT2D eigenvalue weighted by Gasteiger charge is -1.95. The molecule has 0 saturated heterocycles. The molecule has 0 aliphatic carbocycles. The summed E-state index contributed by atoms with van der Waals surface area (Å²) in [5.41, 5.74) is 0.759. The molecule has 2 aromatic rings. The van der Waals surface area contributed by atoms with Gasteiger partial charge in [0.25, 0.3) is 0 Å². The zero-order chi connectivity index (χ0) is 10.8. The molecule has 0 amide bonds. The zero-order valence-electron chi connectivity index (χ0n) is 8.03. The summed E-state index contributed by atoms with van der Waals surface area (Å²) in [6, 6.07) is 7.12. The Bertz CT molecular complexity index is 505. The molecule has 2 rings (SSSR count). The number of benzene rings is 1. The summed E-state index contributed by atoms with van der Waals surface area (Å²) < 4.78 is 5.27. The SMILES string of the molecule is CC(=O)c1cnc(-c2cccc(Cl)c2)o1. The lowest BCUT2D eigenvalue weighted by atomic mass is 10.2. The van der Waals surface area contributed by atoms with E-state index in [1.165, 1.54) is 13.1 Å². The Labute approximate surface area is 91.7 Å². The van der Waals surface area contributed by atoms with E-state index in [-0.39, 0.29) is 11.5 Å². The normalized spacial score (nSPS) is 10.3. The third-order valence-electron chi connectivity index (χ3n) is 1.92. The largest absolute Gasteiger partial charge is 0.433 e. The second-order valence-electron chi connectivity index (χ2n) is 3.10. The maximum atomic E-state index is 11.0. The van der Waals surface area contributed by atoms with Crippen LogP contribution in [0.5, 0.6) is 0 Å². The van der Waals surface area contributed by atoms with Crippen molar-refractivity contribution in [3.05, 3.63) is 41.2 Å². The highest BCUT2D eigenvalue weighted by Gasteiger charge is 2.09. The maximum absolute atomic E-state index is 11.0. The Balaban J connectivity index is 2.41. The number of hydrogen-bond acceptors (Lipinski definition) is 3. The minimum absolute atomic E-state index is 0.143. The van der Waals surface area contributed by atoms with Gasteiger partial charge < -0.3 is 4.42 Å². The van der Waals surface area contributed by atoms with Crippen molar-refractivity contribution in [3.8, 4) is 11.5 Å². The van der Waals surface area contributed by atoms with E-state index in [4.69, 9.17) is 16.0 Å². The molecule has 0 unspecified atom stereocenters. The summed E-state index contributed by atoms with van der Waals surface area (Å²) in [5, 5.41) is 0.607. The molecule has 0 bridgehead atoms. The molecule has 1 heterocycles. The smallest absolute Gasteiger partial charge is 0.226 e. The zero-order valence-corrected chi connectivity index (χ0v) is 8.78. The number of aromatic nitrogens is 1. The molecule has 0 aliphatic heterocycles. The molecule has 15 heavy (non-hydrogen) atoms. The van der Waals surface area contributed by atoms with Crippen molar-refractivity contribution >= 4 is 17.4 Å². The van der Waals surface area contributed by atoms with Crippen LogP contribution in [0, 0.1) is 0 Å². The molecule has 3 nitrogen and oxygen atoms in total. The summed E-state index contributed by atoms with van der Waals surface area (Å²) in [4.78, 5) is 15.0. The van der Waals surface area contributed by atoms with E-state index >= 15 is 0 Å². The molecule has 0 saturated carbocycles. The summed E-state index contributed by atoms with van der Waals surface area (Å²) in [5.74, 6) is 0.517. The Morgan fingerprint density at radius 3 is 2.87 bits per heavy atom. The van der Waals surface area contributed by atoms with Crippen LogP contribution in [0.1, 0.15) is 17.5 Å². The van der Waals surface area contributed by atoms with Crippen LogP contribution < -0.4 is 0 Å². The average molecular weight is 222 g/mol. The van der Waals surface area contributed by atoms with Crippen molar-refractivity contribution < 1.29 is 9.21 Å². The van der Waals surface area contributed by atoms with Crippen LogP contribution in [0.4, 0.5) is 0 Å². The van der Waals surface area contributed by atoms with Crippen molar-refractivity contribution in [3.63, 3.8) is 0 Å². The first-order valence-corrected chi connectivity index (χ1v) is 4.77. The fourth-order valence-electron chi connectivity index (χ4n) is 1.19. The molecule has 0 atom stereocenters. The number of nitrogens with zero attached hydrogens (tertiary/aromatic N) is 1. The number of carbonyl (C=O) groups excluding carboxylic acids is 1. The number of rotatable bonds is 2. The first kappa shape index (κ1) is 9.93. The van der Waals surface area contributed by atoms with Crippen LogP contribution in [0.2, 0.25) is 5.02 Å². The van der Waals surface area contributed by atoms with Gasteiger partial charge in [0, 0.05) is 17.5 Å². The van der Waals surface area contributed by atoms with Crippen molar-refractivity contribution in [2.24, 2.45) is 0 Å². The maximum Gasteiger partial charge on any atom is 0.226 e. The number of halogens is 1. The van der Waals surface area contributed by atoms with Crippen molar-refractivity contribution in [1.29, 1.82) is 0 Å². The Hall–Kier alpha value is -1.61. The van der Waals surface area contributed by atoms with Gasteiger partial charge in [-0.15, -0.1) is 0 Å². The topological polar surface area (TPSA) is 43.1 Å². The molecule has 1 aromatic heterocycles. The van der Waals surface area contributed by atoms with E-state index in [0.29, 0.717) is 10.9 Å². The first-order valence-electron chi connectivity index (χ1n) is 4.39. The minimum Gasteiger partial charge on any atom is -0.433 e. The predicted octanol–water partition coefficient (Wildman–Crippen LogP) is 3.20. The fraction of sp³-hybridized carbons (Fsp3) is 0.0909. The standard InChI is InChI=1S/C11H8ClNO2/c1-7(14)10-6-13-11(15-10)8-3-2-4-9(12)5-8/h2-6H,1H3. The van der Waals surface area contributed by atoms with Gasteiger partial charge >= 0.3 is 0 Å². The quantitative estimate of drug-likeness (QED) is 0.732. The Morgan fingerprint density at radius 1 is 1.47 bits per heavy atom. The van der Waals surface area contributed by atoms with Crippen LogP contribution >= 0.6 is 11.6 Å². The van der Waals surface area contributed by atoms with E-state index < -0.39 is 0 Å². The molecule has 4 heteroatoms. The highest BCUT2D eigenvalue weighted by molar-refractivity contribution is 6.30. The van der Waals surface area contributed by atoms with Crippen LogP contribution in [0.3, 0.4) is 0 Å². The van der Waals surface area contributed by atoms with E-state index in [1.807, 2.05) is 6.07 Å². The average Bonchev–Trinajstić information content (AvgIpc) is 2.66. The first-order chi connectivity index (χ1) is 7.16. The molecule has 0 radical (unpaired) electrons. The fourth-order valence-corrected chi connectivity index (χ4v) is 1.38. The van der Waals surface area contributed by atoms with Gasteiger partial charge in [0.1, 0.15) is 0 Å². The number of ketones is 1. The van der Waals surface area contributed by atoms with E-state index in [2.05, 4.69) is 4.98 Å². The lowest BCUT2D eigenvalue weighted by molar-refractivity contribution is 0.0988. The number of oxazole rings is 1. The van der Waals surface area contributed by atoms with Crippen LogP contribution in [-0.4, -0.2) is 10.8 Å². The van der Waals surface area contributed by atoms with Gasteiger partial charge in [-0.2, -0.15) is 0 Å². The van der Waals surface area contributed by atoms with Crippen LogP contribution in [-0.2, 0) is 0 Å². The Kier molecular flexibility index (Phi) is 2.56. The van der Waals surface area contributed by atoms with Crippen LogP contribution in [0.25, 0.3) is 11.5 Å². The second kappa shape index (κ2) is 3.87. The van der Waals surface area contributed by atoms with Gasteiger partial charge in [-0.05, 0) is 18.2 Å². The summed E-state index contributed by atoms with van der Waals surface area (Å²) >= 11 is 5.83. The van der Waals surface area contributed by atoms with Crippen molar-refractivity contribution in [2.75, 3.05) is 0 Å². The van der Waals surface area contributed by atoms with Gasteiger partial charge in [-0.1, -0.05) is 17.7 Å². The molecule has 0 aliphatic rings. The molecular formula is C11H8ClNO2. The summed E-state index contributed by atoms with van der Waals surface area (Å²) in [7, 11) is 0. The van der Waals surface area contributed by atoms with E-state index in [0.717, 1.165) is 5.56 Å². The van der Waals surface area contributed by atoms with E-state index in [1.54, 1.807) is 18.2 Å². The number of hydrogen-bond donors (Lipinski definition) is 0. The third kappa shape index (κ3) is 2.07. The number of carbonyl (C=O) groups is 1. The molecule has 1 aromatic carbocycles. The number of Topliss-reactive ketones (excluding diaryl/α,β-unsaturated/α-hetero) is 1. The van der Waals surface area contributed by atoms with Crippen molar-refractivity contribution in [2.45, 2.75) is 6.92 Å². The molecule has 0 spiro atoms. The van der Waals surface area contributed by atoms with Crippen molar-refractivity contribution in [1.82, 2.24) is 4.98 Å². The van der Waals surface area contributed by atoms with E-state index in [9.17, 15) is 4.79 Å². The highest BCUT2D eigenvalue weighted by Crippen LogP contribution is 2.22. The van der Waals surface area contributed by atoms with Gasteiger partial charge in [0.2, 0.25) is 5.89 Å². The second-order valence-corrected chi connectivity index (χ2v) is 3.53. The van der Waals surface area contributed by atoms with Gasteiger partial charge in [-0.25, -0.2) is 4.98 Å². The van der Waals surface area contributed by atoms with Gasteiger partial charge in [-0.3, -0.25) is 4.79 Å². The molecule has 0 N–H and O–H groups in total. The molecule has 0 fully saturated rings. The van der Waals surface area contributed by atoms with Gasteiger partial charge in [0.05, 0.1) is 6.20 Å². The molecule has 76 valence electrons. The predicted molar refractivity (Wildman–Crippen MR) is 57.0 cm³/mol. The highest BCUT2D eigenvalue weighted by atomic mass is 35.5.